The van der Waals surface area contributed by atoms with Crippen molar-refractivity contribution in [3.05, 3.63) is 0 Å². The van der Waals surface area contributed by atoms with E-state index in [2.05, 4.69) is 45.0 Å². The average molecular weight is 240 g/mol. The van der Waals surface area contributed by atoms with Gasteiger partial charge in [0.15, 0.2) is 0 Å². The zero-order valence-electron chi connectivity index (χ0n) is 12.6. The number of nitrogens with zero attached hydrogens (tertiary/aromatic N) is 1. The Balaban J connectivity index is 2.10. The van der Waals surface area contributed by atoms with E-state index in [9.17, 15) is 0 Å². The van der Waals surface area contributed by atoms with Gasteiger partial charge in [0.1, 0.15) is 0 Å². The van der Waals surface area contributed by atoms with E-state index in [1.807, 2.05) is 0 Å². The van der Waals surface area contributed by atoms with Crippen molar-refractivity contribution in [2.75, 3.05) is 20.1 Å². The Kier molecular flexibility index (Phi) is 5.94. The maximum Gasteiger partial charge on any atom is 0.00965 e. The van der Waals surface area contributed by atoms with Crippen LogP contribution in [0.4, 0.5) is 0 Å². The standard InChI is InChI=1S/C15H32N2/c1-13-7-9-14(10-8-13)17(5)12-6-11-16-15(2,3)4/h13-14,16H,6-12H2,1-5H3. The Morgan fingerprint density at radius 2 is 1.71 bits per heavy atom. The second kappa shape index (κ2) is 6.75. The lowest BCUT2D eigenvalue weighted by Crippen LogP contribution is -2.39. The van der Waals surface area contributed by atoms with E-state index >= 15 is 0 Å². The summed E-state index contributed by atoms with van der Waals surface area (Å²) in [4.78, 5) is 2.58. The second-order valence-corrected chi connectivity index (χ2v) is 6.92. The molecule has 0 radical (unpaired) electrons. The molecule has 1 aliphatic rings. The third kappa shape index (κ3) is 6.42. The van der Waals surface area contributed by atoms with Gasteiger partial charge in [-0.2, -0.15) is 0 Å². The van der Waals surface area contributed by atoms with Gasteiger partial charge in [0.2, 0.25) is 0 Å². The average Bonchev–Trinajstić information content (AvgIpc) is 2.24. The zero-order chi connectivity index (χ0) is 12.9. The molecule has 0 saturated heterocycles. The molecule has 102 valence electrons. The molecule has 0 aliphatic heterocycles. The van der Waals surface area contributed by atoms with Gasteiger partial charge in [0, 0.05) is 11.6 Å². The lowest BCUT2D eigenvalue weighted by molar-refractivity contribution is 0.167. The van der Waals surface area contributed by atoms with E-state index in [1.165, 1.54) is 38.6 Å². The molecular formula is C15H32N2. The van der Waals surface area contributed by atoms with E-state index in [0.29, 0.717) is 0 Å². The van der Waals surface area contributed by atoms with Crippen LogP contribution in [0, 0.1) is 5.92 Å². The summed E-state index contributed by atoms with van der Waals surface area (Å²) >= 11 is 0. The first-order valence-electron chi connectivity index (χ1n) is 7.34. The number of nitrogens with one attached hydrogen (secondary N) is 1. The first-order chi connectivity index (χ1) is 7.88. The number of rotatable bonds is 5. The molecule has 1 rings (SSSR count). The Hall–Kier alpha value is -0.0800. The van der Waals surface area contributed by atoms with Crippen LogP contribution in [-0.4, -0.2) is 36.6 Å². The lowest BCUT2D eigenvalue weighted by Gasteiger charge is -2.33. The van der Waals surface area contributed by atoms with Gasteiger partial charge in [-0.25, -0.2) is 0 Å². The fourth-order valence-electron chi connectivity index (χ4n) is 2.66. The summed E-state index contributed by atoms with van der Waals surface area (Å²) in [6.45, 7) is 11.5. The van der Waals surface area contributed by atoms with Crippen molar-refractivity contribution in [3.8, 4) is 0 Å². The molecule has 0 aromatic heterocycles. The predicted molar refractivity (Wildman–Crippen MR) is 76.4 cm³/mol. The molecule has 0 amide bonds. The van der Waals surface area contributed by atoms with Gasteiger partial charge >= 0.3 is 0 Å². The monoisotopic (exact) mass is 240 g/mol. The summed E-state index contributed by atoms with van der Waals surface area (Å²) in [5.74, 6) is 0.960. The summed E-state index contributed by atoms with van der Waals surface area (Å²) < 4.78 is 0. The lowest BCUT2D eigenvalue weighted by atomic mass is 9.87. The minimum Gasteiger partial charge on any atom is -0.312 e. The molecule has 0 aromatic rings. The smallest absolute Gasteiger partial charge is 0.00965 e. The topological polar surface area (TPSA) is 15.3 Å². The molecule has 1 N–H and O–H groups in total. The van der Waals surface area contributed by atoms with Gasteiger partial charge in [0.05, 0.1) is 0 Å². The molecule has 0 aromatic carbocycles. The number of hydrogen-bond acceptors (Lipinski definition) is 2. The van der Waals surface area contributed by atoms with E-state index in [1.54, 1.807) is 0 Å². The molecule has 1 fully saturated rings. The Morgan fingerprint density at radius 3 is 2.24 bits per heavy atom. The highest BCUT2D eigenvalue weighted by Gasteiger charge is 2.21. The molecule has 0 unspecified atom stereocenters. The van der Waals surface area contributed by atoms with Crippen molar-refractivity contribution >= 4 is 0 Å². The fraction of sp³-hybridized carbons (Fsp3) is 1.00. The molecule has 0 heterocycles. The third-order valence-corrected chi connectivity index (χ3v) is 3.95. The number of hydrogen-bond donors (Lipinski definition) is 1. The summed E-state index contributed by atoms with van der Waals surface area (Å²) in [7, 11) is 2.30. The molecule has 0 atom stereocenters. The van der Waals surface area contributed by atoms with Gasteiger partial charge in [-0.3, -0.25) is 0 Å². The maximum atomic E-state index is 3.56. The van der Waals surface area contributed by atoms with Crippen LogP contribution in [0.15, 0.2) is 0 Å². The van der Waals surface area contributed by atoms with E-state index < -0.39 is 0 Å². The van der Waals surface area contributed by atoms with Crippen molar-refractivity contribution in [2.24, 2.45) is 5.92 Å². The van der Waals surface area contributed by atoms with Crippen LogP contribution >= 0.6 is 0 Å². The normalized spacial score (nSPS) is 26.5. The molecule has 1 aliphatic carbocycles. The van der Waals surface area contributed by atoms with Crippen molar-refractivity contribution in [3.63, 3.8) is 0 Å². The third-order valence-electron chi connectivity index (χ3n) is 3.95. The molecular weight excluding hydrogens is 208 g/mol. The zero-order valence-corrected chi connectivity index (χ0v) is 12.6. The van der Waals surface area contributed by atoms with Gasteiger partial charge in [-0.15, -0.1) is 0 Å². The van der Waals surface area contributed by atoms with E-state index in [-0.39, 0.29) is 5.54 Å². The van der Waals surface area contributed by atoms with Crippen LogP contribution in [0.5, 0.6) is 0 Å². The highest BCUT2D eigenvalue weighted by atomic mass is 15.1. The van der Waals surface area contributed by atoms with Gasteiger partial charge in [0.25, 0.3) is 0 Å². The van der Waals surface area contributed by atoms with Crippen LogP contribution < -0.4 is 5.32 Å². The quantitative estimate of drug-likeness (QED) is 0.742. The Labute approximate surface area is 108 Å². The molecule has 0 spiro atoms. The van der Waals surface area contributed by atoms with Gasteiger partial charge in [-0.05, 0) is 78.9 Å². The van der Waals surface area contributed by atoms with Gasteiger partial charge < -0.3 is 10.2 Å². The molecule has 17 heavy (non-hydrogen) atoms. The Morgan fingerprint density at radius 1 is 1.12 bits per heavy atom. The van der Waals surface area contributed by atoms with Crippen LogP contribution in [0.2, 0.25) is 0 Å². The van der Waals surface area contributed by atoms with Crippen LogP contribution in [-0.2, 0) is 0 Å². The Bertz CT molecular complexity index is 199. The largest absolute Gasteiger partial charge is 0.312 e. The highest BCUT2D eigenvalue weighted by molar-refractivity contribution is 4.77. The van der Waals surface area contributed by atoms with E-state index in [4.69, 9.17) is 0 Å². The van der Waals surface area contributed by atoms with Crippen molar-refractivity contribution in [1.29, 1.82) is 0 Å². The van der Waals surface area contributed by atoms with Crippen LogP contribution in [0.3, 0.4) is 0 Å². The maximum absolute atomic E-state index is 3.56. The molecule has 0 bridgehead atoms. The summed E-state index contributed by atoms with van der Waals surface area (Å²) in [5.41, 5.74) is 0.263. The van der Waals surface area contributed by atoms with Crippen LogP contribution in [0.25, 0.3) is 0 Å². The van der Waals surface area contributed by atoms with Gasteiger partial charge in [-0.1, -0.05) is 6.92 Å². The first kappa shape index (κ1) is 15.0. The summed E-state index contributed by atoms with van der Waals surface area (Å²) in [6.07, 6.45) is 6.93. The van der Waals surface area contributed by atoms with Crippen molar-refractivity contribution in [2.45, 2.75) is 71.4 Å². The molecule has 1 saturated carbocycles. The highest BCUT2D eigenvalue weighted by Crippen LogP contribution is 2.26. The minimum atomic E-state index is 0.263. The molecule has 2 heteroatoms. The van der Waals surface area contributed by atoms with Crippen LogP contribution in [0.1, 0.15) is 59.8 Å². The minimum absolute atomic E-state index is 0.263. The van der Waals surface area contributed by atoms with E-state index in [0.717, 1.165) is 18.5 Å². The summed E-state index contributed by atoms with van der Waals surface area (Å²) in [5, 5.41) is 3.56. The molecule has 2 nitrogen and oxygen atoms in total. The first-order valence-corrected chi connectivity index (χ1v) is 7.34. The fourth-order valence-corrected chi connectivity index (χ4v) is 2.66. The second-order valence-electron chi connectivity index (χ2n) is 6.92. The predicted octanol–water partition coefficient (Wildman–Crippen LogP) is 3.28. The summed E-state index contributed by atoms with van der Waals surface area (Å²) in [6, 6.07) is 0.848. The SMILES string of the molecule is CC1CCC(N(C)CCCNC(C)(C)C)CC1. The van der Waals surface area contributed by atoms with Crippen molar-refractivity contribution in [1.82, 2.24) is 10.2 Å². The van der Waals surface area contributed by atoms with Crippen molar-refractivity contribution < 1.29 is 0 Å².